The Morgan fingerprint density at radius 3 is 1.14 bits per heavy atom. The van der Waals surface area contributed by atoms with E-state index in [1.54, 1.807) is 0 Å². The van der Waals surface area contributed by atoms with E-state index in [2.05, 4.69) is 0 Å². The average molecular weight is 243 g/mol. The summed E-state index contributed by atoms with van der Waals surface area (Å²) in [6, 6.07) is 0. The topological polar surface area (TPSA) is 60.7 Å². The van der Waals surface area contributed by atoms with Crippen molar-refractivity contribution >= 4 is 52.8 Å². The normalized spacial score (nSPS) is 3.86. The van der Waals surface area contributed by atoms with Crippen LogP contribution in [0.15, 0.2) is 0 Å². The predicted octanol–water partition coefficient (Wildman–Crippen LogP) is -5.09. The second kappa shape index (κ2) is 16.3. The molecule has 0 unspecified atom stereocenters. The van der Waals surface area contributed by atoms with Gasteiger partial charge in [-0.15, -0.1) is 0 Å². The zero-order valence-electron chi connectivity index (χ0n) is 7.07. The van der Waals surface area contributed by atoms with Gasteiger partial charge in [0.1, 0.15) is 0 Å². The van der Waals surface area contributed by atoms with Crippen molar-refractivity contribution in [2.24, 2.45) is 0 Å². The minimum Gasteiger partial charge on any atom is -1.00 e. The van der Waals surface area contributed by atoms with Crippen LogP contribution in [0.2, 0.25) is 0 Å². The quantitative estimate of drug-likeness (QED) is 0.373. The van der Waals surface area contributed by atoms with Gasteiger partial charge >= 0.3 is 104 Å². The summed E-state index contributed by atoms with van der Waals surface area (Å²) in [4.78, 5) is 0. The van der Waals surface area contributed by atoms with Crippen molar-refractivity contribution in [2.75, 3.05) is 0 Å². The zero-order chi connectivity index (χ0) is 3.58. The molecule has 3 nitrogen and oxygen atoms in total. The van der Waals surface area contributed by atoms with Crippen LogP contribution in [0, 0.1) is 0 Å². The minimum atomic E-state index is -2.17. The predicted molar refractivity (Wildman–Crippen MR) is 21.5 cm³/mol. The summed E-state index contributed by atoms with van der Waals surface area (Å²) in [6.45, 7) is 0. The first-order chi connectivity index (χ1) is 1.73. The fraction of sp³-hybridized carbons (Fsp3) is 0. The third-order valence-corrected chi connectivity index (χ3v) is 0. The van der Waals surface area contributed by atoms with Crippen LogP contribution in [0.1, 0.15) is 4.28 Å². The van der Waals surface area contributed by atoms with Crippen molar-refractivity contribution < 1.29 is 89.3 Å². The molecule has 0 aliphatic heterocycles. The van der Waals surface area contributed by atoms with Gasteiger partial charge in [-0.3, -0.25) is 0 Å². The molecule has 0 saturated carbocycles. The first kappa shape index (κ1) is 22.4. The molecule has 0 amide bonds. The molecule has 35 valence electrons. The van der Waals surface area contributed by atoms with E-state index in [1.165, 1.54) is 0 Å². The Morgan fingerprint density at radius 1 is 1.14 bits per heavy atom. The molecule has 0 aromatic rings. The van der Waals surface area contributed by atoms with E-state index in [4.69, 9.17) is 15.1 Å². The molecule has 0 saturated heterocycles. The molecule has 0 fully saturated rings. The molecule has 0 aliphatic carbocycles. The minimum absolute atomic E-state index is 0. The zero-order valence-corrected chi connectivity index (χ0v) is 12.1. The molecule has 0 aromatic heterocycles. The summed E-state index contributed by atoms with van der Waals surface area (Å²) in [5.41, 5.74) is 0. The smallest absolute Gasteiger partial charge is 1.00 e. The van der Waals surface area contributed by atoms with Crippen LogP contribution >= 0.6 is 0 Å². The summed E-state index contributed by atoms with van der Waals surface area (Å²) >= 11 is 0. The van der Waals surface area contributed by atoms with E-state index < -0.39 is 7.32 Å². The number of rotatable bonds is 0. The summed E-state index contributed by atoms with van der Waals surface area (Å²) in [7, 11) is -2.17. The molecule has 0 bridgehead atoms. The standard InChI is InChI=1S/BH3O3.K.Sr.V.3H/c2-1(3)4;;;;;;/h2-4H;;;;;;/q;+1;+2;;3*-1. The molecular formula is H6BKO3SrV. The molecule has 7 heavy (non-hydrogen) atoms. The summed E-state index contributed by atoms with van der Waals surface area (Å²) in [6.07, 6.45) is 0. The second-order valence-corrected chi connectivity index (χ2v) is 0.346. The molecule has 0 aromatic carbocycles. The van der Waals surface area contributed by atoms with Crippen molar-refractivity contribution in [3.63, 3.8) is 0 Å². The Balaban J connectivity index is -0.00000000300. The van der Waals surface area contributed by atoms with Crippen molar-refractivity contribution in [2.45, 2.75) is 0 Å². The maximum Gasteiger partial charge on any atom is 2.00 e. The molecule has 0 heterocycles. The second-order valence-electron chi connectivity index (χ2n) is 0.346. The first-order valence-corrected chi connectivity index (χ1v) is 0.775. The van der Waals surface area contributed by atoms with Crippen LogP contribution in [-0.2, 0) is 18.6 Å². The molecular weight excluding hydrogens is 236 g/mol. The van der Waals surface area contributed by atoms with Gasteiger partial charge in [0.15, 0.2) is 0 Å². The maximum absolute atomic E-state index is 7.17. The van der Waals surface area contributed by atoms with Gasteiger partial charge < -0.3 is 19.4 Å². The average Bonchev–Trinajstić information content (AvgIpc) is 0.811. The van der Waals surface area contributed by atoms with Gasteiger partial charge in [0.05, 0.1) is 0 Å². The summed E-state index contributed by atoms with van der Waals surface area (Å²) < 4.78 is 0. The van der Waals surface area contributed by atoms with E-state index in [0.29, 0.717) is 0 Å². The fourth-order valence-corrected chi connectivity index (χ4v) is 0. The fourth-order valence-electron chi connectivity index (χ4n) is 0. The van der Waals surface area contributed by atoms with Crippen LogP contribution in [0.25, 0.3) is 0 Å². The molecule has 3 N–H and O–H groups in total. The van der Waals surface area contributed by atoms with Gasteiger partial charge in [-0.25, -0.2) is 0 Å². The van der Waals surface area contributed by atoms with Crippen LogP contribution in [0.3, 0.4) is 0 Å². The third kappa shape index (κ3) is 42.4. The molecule has 1 radical (unpaired) electrons. The third-order valence-electron chi connectivity index (χ3n) is 0. The Hall–Kier alpha value is 3.65. The number of hydrogen-bond acceptors (Lipinski definition) is 3. The monoisotopic (exact) mass is 243 g/mol. The molecule has 0 aliphatic rings. The Labute approximate surface area is 138 Å². The Kier molecular flexibility index (Phi) is 52.3. The Bertz CT molecular complexity index is 28.5. The summed E-state index contributed by atoms with van der Waals surface area (Å²) in [5.74, 6) is 0. The van der Waals surface area contributed by atoms with Gasteiger partial charge in [-0.1, -0.05) is 0 Å². The van der Waals surface area contributed by atoms with Gasteiger partial charge in [-0.05, 0) is 0 Å². The van der Waals surface area contributed by atoms with E-state index in [0.717, 1.165) is 0 Å². The first-order valence-electron chi connectivity index (χ1n) is 0.775. The molecule has 0 spiro atoms. The van der Waals surface area contributed by atoms with Crippen molar-refractivity contribution in [1.29, 1.82) is 0 Å². The van der Waals surface area contributed by atoms with Crippen LogP contribution < -0.4 is 51.4 Å². The van der Waals surface area contributed by atoms with Crippen molar-refractivity contribution in [1.82, 2.24) is 0 Å². The molecule has 0 atom stereocenters. The molecule has 7 heteroatoms. The van der Waals surface area contributed by atoms with Crippen LogP contribution in [-0.4, -0.2) is 67.9 Å². The van der Waals surface area contributed by atoms with E-state index in [1.807, 2.05) is 0 Å². The van der Waals surface area contributed by atoms with E-state index in [-0.39, 0.29) is 120 Å². The Morgan fingerprint density at radius 2 is 1.14 bits per heavy atom. The van der Waals surface area contributed by atoms with Gasteiger partial charge in [0.2, 0.25) is 0 Å². The van der Waals surface area contributed by atoms with Crippen LogP contribution in [0.4, 0.5) is 0 Å². The van der Waals surface area contributed by atoms with Crippen molar-refractivity contribution in [3.05, 3.63) is 0 Å². The number of hydrogen-bond donors (Lipinski definition) is 3. The van der Waals surface area contributed by atoms with Gasteiger partial charge in [0.25, 0.3) is 0 Å². The summed E-state index contributed by atoms with van der Waals surface area (Å²) in [5, 5.41) is 21.5. The van der Waals surface area contributed by atoms with Crippen molar-refractivity contribution in [3.8, 4) is 0 Å². The van der Waals surface area contributed by atoms with E-state index >= 15 is 0 Å². The molecule has 0 rings (SSSR count). The van der Waals surface area contributed by atoms with Crippen LogP contribution in [0.5, 0.6) is 0 Å². The van der Waals surface area contributed by atoms with Gasteiger partial charge in [0, 0.05) is 18.6 Å². The van der Waals surface area contributed by atoms with E-state index in [9.17, 15) is 0 Å². The van der Waals surface area contributed by atoms with Gasteiger partial charge in [-0.2, -0.15) is 0 Å². The largest absolute Gasteiger partial charge is 2.00 e. The SMILES string of the molecule is OB(O)O.[H-].[H-].[H-].[K+].[Sr+2].[V]. The maximum atomic E-state index is 7.17.